The van der Waals surface area contributed by atoms with Gasteiger partial charge in [-0.1, -0.05) is 25.1 Å². The highest BCUT2D eigenvalue weighted by Gasteiger charge is 2.11. The maximum atomic E-state index is 12.9. The number of benzene rings is 2. The molecule has 0 heterocycles. The number of anilines is 1. The van der Waals surface area contributed by atoms with Gasteiger partial charge in [0.1, 0.15) is 5.82 Å². The van der Waals surface area contributed by atoms with Crippen molar-refractivity contribution in [3.05, 3.63) is 65.0 Å². The SMILES string of the molecule is CCC(NC(=S)Nc1ccc(F)cc1)c1ccc(C)c(C)c1. The normalized spacial score (nSPS) is 11.8. The van der Waals surface area contributed by atoms with Crippen molar-refractivity contribution in [2.75, 3.05) is 5.32 Å². The van der Waals surface area contributed by atoms with Crippen molar-refractivity contribution in [2.45, 2.75) is 33.2 Å². The zero-order chi connectivity index (χ0) is 16.1. The van der Waals surface area contributed by atoms with E-state index in [-0.39, 0.29) is 11.9 Å². The molecule has 0 aliphatic heterocycles. The molecule has 1 atom stereocenters. The van der Waals surface area contributed by atoms with Gasteiger partial charge in [0.15, 0.2) is 5.11 Å². The molecule has 116 valence electrons. The Bertz CT molecular complexity index is 653. The van der Waals surface area contributed by atoms with Crippen molar-refractivity contribution in [1.29, 1.82) is 0 Å². The first-order chi connectivity index (χ1) is 10.5. The van der Waals surface area contributed by atoms with Crippen molar-refractivity contribution in [1.82, 2.24) is 5.32 Å². The minimum Gasteiger partial charge on any atom is -0.356 e. The first kappa shape index (κ1) is 16.4. The maximum Gasteiger partial charge on any atom is 0.171 e. The van der Waals surface area contributed by atoms with E-state index in [9.17, 15) is 4.39 Å². The fraction of sp³-hybridized carbons (Fsp3) is 0.278. The second-order valence-electron chi connectivity index (χ2n) is 5.41. The average molecular weight is 316 g/mol. The van der Waals surface area contributed by atoms with Gasteiger partial charge in [0.25, 0.3) is 0 Å². The van der Waals surface area contributed by atoms with Gasteiger partial charge < -0.3 is 10.6 Å². The average Bonchev–Trinajstić information content (AvgIpc) is 2.50. The van der Waals surface area contributed by atoms with E-state index in [0.717, 1.165) is 12.1 Å². The van der Waals surface area contributed by atoms with Crippen molar-refractivity contribution in [2.24, 2.45) is 0 Å². The van der Waals surface area contributed by atoms with Crippen LogP contribution in [0, 0.1) is 19.7 Å². The number of hydrogen-bond donors (Lipinski definition) is 2. The summed E-state index contributed by atoms with van der Waals surface area (Å²) in [5.41, 5.74) is 4.54. The van der Waals surface area contributed by atoms with Crippen molar-refractivity contribution < 1.29 is 4.39 Å². The zero-order valence-corrected chi connectivity index (χ0v) is 13.9. The van der Waals surface area contributed by atoms with Crippen LogP contribution < -0.4 is 10.6 Å². The molecule has 0 saturated carbocycles. The molecule has 0 aliphatic rings. The fourth-order valence-electron chi connectivity index (χ4n) is 2.26. The van der Waals surface area contributed by atoms with E-state index in [0.29, 0.717) is 5.11 Å². The summed E-state index contributed by atoms with van der Waals surface area (Å²) in [7, 11) is 0. The lowest BCUT2D eigenvalue weighted by Gasteiger charge is -2.21. The Balaban J connectivity index is 2.04. The third-order valence-corrected chi connectivity index (χ3v) is 3.97. The topological polar surface area (TPSA) is 24.1 Å². The number of nitrogens with one attached hydrogen (secondary N) is 2. The van der Waals surface area contributed by atoms with Gasteiger partial charge in [0.2, 0.25) is 0 Å². The van der Waals surface area contributed by atoms with Crippen LogP contribution >= 0.6 is 12.2 Å². The standard InChI is InChI=1S/C18H21FN2S/c1-4-17(14-6-5-12(2)13(3)11-14)21-18(22)20-16-9-7-15(19)8-10-16/h5-11,17H,4H2,1-3H3,(H2,20,21,22). The van der Waals surface area contributed by atoms with Crippen LogP contribution in [-0.2, 0) is 0 Å². The largest absolute Gasteiger partial charge is 0.356 e. The molecule has 0 fully saturated rings. The molecule has 0 saturated heterocycles. The highest BCUT2D eigenvalue weighted by Crippen LogP contribution is 2.20. The van der Waals surface area contributed by atoms with Gasteiger partial charge in [0.05, 0.1) is 6.04 Å². The van der Waals surface area contributed by atoms with E-state index in [1.165, 1.54) is 28.8 Å². The van der Waals surface area contributed by atoms with Crippen LogP contribution in [-0.4, -0.2) is 5.11 Å². The maximum absolute atomic E-state index is 12.9. The smallest absolute Gasteiger partial charge is 0.171 e. The van der Waals surface area contributed by atoms with Crippen LogP contribution in [0.4, 0.5) is 10.1 Å². The molecule has 2 rings (SSSR count). The lowest BCUT2D eigenvalue weighted by Crippen LogP contribution is -2.32. The van der Waals surface area contributed by atoms with Gasteiger partial charge in [-0.15, -0.1) is 0 Å². The summed E-state index contributed by atoms with van der Waals surface area (Å²) in [6.45, 7) is 6.34. The predicted octanol–water partition coefficient (Wildman–Crippen LogP) is 4.88. The van der Waals surface area contributed by atoms with E-state index < -0.39 is 0 Å². The first-order valence-electron chi connectivity index (χ1n) is 7.40. The number of thiocarbonyl (C=S) groups is 1. The minimum atomic E-state index is -0.258. The first-order valence-corrected chi connectivity index (χ1v) is 7.80. The highest BCUT2D eigenvalue weighted by molar-refractivity contribution is 7.80. The molecule has 0 aliphatic carbocycles. The Hall–Kier alpha value is -1.94. The monoisotopic (exact) mass is 316 g/mol. The van der Waals surface area contributed by atoms with Crippen LogP contribution in [0.15, 0.2) is 42.5 Å². The Morgan fingerprint density at radius 2 is 1.77 bits per heavy atom. The quantitative estimate of drug-likeness (QED) is 0.786. The molecule has 1 unspecified atom stereocenters. The summed E-state index contributed by atoms with van der Waals surface area (Å²) >= 11 is 5.35. The summed E-state index contributed by atoms with van der Waals surface area (Å²) in [4.78, 5) is 0. The Labute approximate surface area is 136 Å². The number of hydrogen-bond acceptors (Lipinski definition) is 1. The van der Waals surface area contributed by atoms with Gasteiger partial charge in [-0.2, -0.15) is 0 Å². The second kappa shape index (κ2) is 7.36. The van der Waals surface area contributed by atoms with E-state index >= 15 is 0 Å². The lowest BCUT2D eigenvalue weighted by atomic mass is 9.99. The molecule has 0 radical (unpaired) electrons. The summed E-state index contributed by atoms with van der Waals surface area (Å²) < 4.78 is 12.9. The molecule has 4 heteroatoms. The van der Waals surface area contributed by atoms with Crippen molar-refractivity contribution in [3.63, 3.8) is 0 Å². The molecule has 2 aromatic rings. The Morgan fingerprint density at radius 1 is 1.09 bits per heavy atom. The lowest BCUT2D eigenvalue weighted by molar-refractivity contribution is 0.627. The predicted molar refractivity (Wildman–Crippen MR) is 94.7 cm³/mol. The minimum absolute atomic E-state index is 0.153. The molecule has 22 heavy (non-hydrogen) atoms. The van der Waals surface area contributed by atoms with Gasteiger partial charge in [-0.3, -0.25) is 0 Å². The molecular formula is C18H21FN2S. The van der Waals surface area contributed by atoms with Gasteiger partial charge in [-0.25, -0.2) is 4.39 Å². The fourth-order valence-corrected chi connectivity index (χ4v) is 2.52. The van der Waals surface area contributed by atoms with Gasteiger partial charge in [0, 0.05) is 5.69 Å². The summed E-state index contributed by atoms with van der Waals surface area (Å²) in [6.07, 6.45) is 0.924. The van der Waals surface area contributed by atoms with E-state index in [2.05, 4.69) is 49.6 Å². The molecule has 0 spiro atoms. The highest BCUT2D eigenvalue weighted by atomic mass is 32.1. The molecule has 0 amide bonds. The van der Waals surface area contributed by atoms with E-state index in [4.69, 9.17) is 12.2 Å². The van der Waals surface area contributed by atoms with Gasteiger partial charge >= 0.3 is 0 Å². The third-order valence-electron chi connectivity index (χ3n) is 3.75. The van der Waals surface area contributed by atoms with Crippen molar-refractivity contribution >= 4 is 23.0 Å². The molecule has 0 aromatic heterocycles. The summed E-state index contributed by atoms with van der Waals surface area (Å²) in [6, 6.07) is 12.8. The summed E-state index contributed by atoms with van der Waals surface area (Å²) in [5.74, 6) is -0.258. The van der Waals surface area contributed by atoms with Crippen LogP contribution in [0.2, 0.25) is 0 Å². The third kappa shape index (κ3) is 4.28. The van der Waals surface area contributed by atoms with Gasteiger partial charge in [-0.05, 0) is 73.4 Å². The summed E-state index contributed by atoms with van der Waals surface area (Å²) in [5, 5.41) is 6.94. The molecule has 2 nitrogen and oxygen atoms in total. The Morgan fingerprint density at radius 3 is 2.36 bits per heavy atom. The second-order valence-corrected chi connectivity index (χ2v) is 5.82. The molecule has 0 bridgehead atoms. The number of halogens is 1. The van der Waals surface area contributed by atoms with Crippen LogP contribution in [0.1, 0.15) is 36.1 Å². The number of rotatable bonds is 4. The van der Waals surface area contributed by atoms with E-state index in [1.807, 2.05) is 0 Å². The molecule has 2 aromatic carbocycles. The van der Waals surface area contributed by atoms with E-state index in [1.54, 1.807) is 12.1 Å². The molecule has 2 N–H and O–H groups in total. The Kier molecular flexibility index (Phi) is 5.50. The molecular weight excluding hydrogens is 295 g/mol. The van der Waals surface area contributed by atoms with Crippen LogP contribution in [0.3, 0.4) is 0 Å². The van der Waals surface area contributed by atoms with Crippen LogP contribution in [0.5, 0.6) is 0 Å². The zero-order valence-electron chi connectivity index (χ0n) is 13.1. The van der Waals surface area contributed by atoms with Crippen LogP contribution in [0.25, 0.3) is 0 Å². The number of aryl methyl sites for hydroxylation is 2. The van der Waals surface area contributed by atoms with Crippen molar-refractivity contribution in [3.8, 4) is 0 Å².